The predicted molar refractivity (Wildman–Crippen MR) is 77.4 cm³/mol. The van der Waals surface area contributed by atoms with E-state index in [0.717, 1.165) is 6.07 Å². The van der Waals surface area contributed by atoms with Gasteiger partial charge in [-0.05, 0) is 32.0 Å². The zero-order valence-corrected chi connectivity index (χ0v) is 13.5. The molecule has 0 heterocycles. The molecule has 0 amide bonds. The van der Waals surface area contributed by atoms with Gasteiger partial charge in [-0.3, -0.25) is 0 Å². The van der Waals surface area contributed by atoms with Crippen molar-refractivity contribution in [1.82, 2.24) is 0 Å². The topological polar surface area (TPSA) is 78.9 Å². The van der Waals surface area contributed by atoms with Gasteiger partial charge in [0.2, 0.25) is 0 Å². The van der Waals surface area contributed by atoms with Crippen molar-refractivity contribution in [3.05, 3.63) is 23.8 Å². The molecule has 0 aliphatic heterocycles. The number of methoxy groups -OCH3 is 1. The number of ether oxygens (including phenoxy) is 3. The molecule has 0 radical (unpaired) electrons. The van der Waals surface area contributed by atoms with Crippen LogP contribution < -0.4 is 4.74 Å². The van der Waals surface area contributed by atoms with Gasteiger partial charge in [-0.15, -0.1) is 0 Å². The lowest BCUT2D eigenvalue weighted by molar-refractivity contribution is 0.00437. The Morgan fingerprint density at radius 2 is 2.05 bits per heavy atom. The molecule has 0 fully saturated rings. The van der Waals surface area contributed by atoms with Crippen molar-refractivity contribution in [1.29, 1.82) is 0 Å². The first kappa shape index (κ1) is 17.7. The number of benzene rings is 1. The molecule has 1 unspecified atom stereocenters. The van der Waals surface area contributed by atoms with Gasteiger partial charge in [-0.2, -0.15) is 0 Å². The third kappa shape index (κ3) is 5.18. The van der Waals surface area contributed by atoms with Crippen LogP contribution >= 0.6 is 10.7 Å². The Hall–Kier alpha value is -1.31. The Kier molecular flexibility index (Phi) is 6.44. The van der Waals surface area contributed by atoms with Crippen LogP contribution in [0.4, 0.5) is 0 Å². The van der Waals surface area contributed by atoms with Gasteiger partial charge >= 0.3 is 5.97 Å². The Balaban J connectivity index is 2.96. The predicted octanol–water partition coefficient (Wildman–Crippen LogP) is 2.20. The van der Waals surface area contributed by atoms with Gasteiger partial charge in [0.05, 0.1) is 19.3 Å². The molecular weight excluding hydrogens is 320 g/mol. The maximum atomic E-state index is 11.9. The lowest BCUT2D eigenvalue weighted by Crippen LogP contribution is -2.20. The van der Waals surface area contributed by atoms with Gasteiger partial charge in [-0.1, -0.05) is 0 Å². The summed E-state index contributed by atoms with van der Waals surface area (Å²) in [5.74, 6) is -0.602. The van der Waals surface area contributed by atoms with Gasteiger partial charge in [0.25, 0.3) is 9.05 Å². The van der Waals surface area contributed by atoms with E-state index >= 15 is 0 Å². The first-order valence-corrected chi connectivity index (χ1v) is 8.52. The summed E-state index contributed by atoms with van der Waals surface area (Å²) in [7, 11) is 2.59. The first-order chi connectivity index (χ1) is 9.79. The molecular formula is C13H17ClO6S. The van der Waals surface area contributed by atoms with E-state index in [2.05, 4.69) is 0 Å². The second-order valence-corrected chi connectivity index (χ2v) is 6.71. The number of carbonyl (C=O) groups excluding carboxylic acids is 1. The molecule has 0 aliphatic rings. The van der Waals surface area contributed by atoms with Crippen LogP contribution in [0.5, 0.6) is 5.75 Å². The molecule has 1 rings (SSSR count). The lowest BCUT2D eigenvalue weighted by Gasteiger charge is -2.13. The number of halogens is 1. The van der Waals surface area contributed by atoms with Crippen LogP contribution in [0.2, 0.25) is 0 Å². The number of esters is 1. The summed E-state index contributed by atoms with van der Waals surface area (Å²) in [4.78, 5) is 11.7. The highest BCUT2D eigenvalue weighted by Gasteiger charge is 2.21. The van der Waals surface area contributed by atoms with Crippen molar-refractivity contribution in [2.75, 3.05) is 20.3 Å². The molecule has 0 N–H and O–H groups in total. The SMILES string of the molecule is CCOCC(C)OC(=O)c1ccc(OC)c(S(=O)(=O)Cl)c1. The van der Waals surface area contributed by atoms with Gasteiger partial charge < -0.3 is 14.2 Å². The fourth-order valence-electron chi connectivity index (χ4n) is 1.56. The van der Waals surface area contributed by atoms with E-state index in [1.165, 1.54) is 19.2 Å². The summed E-state index contributed by atoms with van der Waals surface area (Å²) in [6, 6.07) is 3.87. The van der Waals surface area contributed by atoms with Crippen molar-refractivity contribution < 1.29 is 27.4 Å². The summed E-state index contributed by atoms with van der Waals surface area (Å²) >= 11 is 0. The Labute approximate surface area is 128 Å². The maximum absolute atomic E-state index is 11.9. The monoisotopic (exact) mass is 336 g/mol. The minimum atomic E-state index is -4.03. The minimum absolute atomic E-state index is 0.0592. The van der Waals surface area contributed by atoms with Crippen LogP contribution in [0.3, 0.4) is 0 Å². The summed E-state index contributed by atoms with van der Waals surface area (Å²) in [5.41, 5.74) is 0.0679. The van der Waals surface area contributed by atoms with Crippen molar-refractivity contribution in [3.8, 4) is 5.75 Å². The standard InChI is InChI=1S/C13H17ClO6S/c1-4-19-8-9(2)20-13(15)10-5-6-11(18-3)12(7-10)21(14,16)17/h5-7,9H,4,8H2,1-3H3. The third-order valence-electron chi connectivity index (χ3n) is 2.53. The quantitative estimate of drug-likeness (QED) is 0.561. The molecule has 8 heteroatoms. The van der Waals surface area contributed by atoms with Crippen LogP contribution in [0.15, 0.2) is 23.1 Å². The van der Waals surface area contributed by atoms with Crippen LogP contribution in [-0.2, 0) is 18.5 Å². The molecule has 1 aromatic rings. The largest absolute Gasteiger partial charge is 0.495 e. The van der Waals surface area contributed by atoms with Crippen LogP contribution in [-0.4, -0.2) is 40.8 Å². The Morgan fingerprint density at radius 1 is 1.38 bits per heavy atom. The number of carbonyl (C=O) groups is 1. The molecule has 1 aromatic carbocycles. The van der Waals surface area contributed by atoms with E-state index in [-0.39, 0.29) is 22.8 Å². The van der Waals surface area contributed by atoms with Crippen molar-refractivity contribution in [3.63, 3.8) is 0 Å². The molecule has 6 nitrogen and oxygen atoms in total. The Bertz CT molecular complexity index is 599. The van der Waals surface area contributed by atoms with E-state index in [1.807, 2.05) is 6.92 Å². The van der Waals surface area contributed by atoms with Crippen LogP contribution in [0.1, 0.15) is 24.2 Å². The molecule has 0 aliphatic carbocycles. The highest BCUT2D eigenvalue weighted by atomic mass is 35.7. The second kappa shape index (κ2) is 7.63. The minimum Gasteiger partial charge on any atom is -0.495 e. The number of hydrogen-bond donors (Lipinski definition) is 0. The second-order valence-electron chi connectivity index (χ2n) is 4.18. The zero-order chi connectivity index (χ0) is 16.0. The van der Waals surface area contributed by atoms with Gasteiger partial charge in [0, 0.05) is 17.3 Å². The smallest absolute Gasteiger partial charge is 0.338 e. The maximum Gasteiger partial charge on any atom is 0.338 e. The van der Waals surface area contributed by atoms with Crippen LogP contribution in [0, 0.1) is 0 Å². The zero-order valence-electron chi connectivity index (χ0n) is 12.0. The van der Waals surface area contributed by atoms with Crippen molar-refractivity contribution in [2.24, 2.45) is 0 Å². The molecule has 1 atom stereocenters. The van der Waals surface area contributed by atoms with E-state index in [1.54, 1.807) is 6.92 Å². The summed E-state index contributed by atoms with van der Waals surface area (Å²) in [5, 5.41) is 0. The van der Waals surface area contributed by atoms with Gasteiger partial charge in [-0.25, -0.2) is 13.2 Å². The summed E-state index contributed by atoms with van der Waals surface area (Å²) in [6.45, 7) is 4.28. The summed E-state index contributed by atoms with van der Waals surface area (Å²) < 4.78 is 38.1. The lowest BCUT2D eigenvalue weighted by atomic mass is 10.2. The molecule has 0 spiro atoms. The third-order valence-corrected chi connectivity index (χ3v) is 3.87. The van der Waals surface area contributed by atoms with E-state index in [0.29, 0.717) is 6.61 Å². The Morgan fingerprint density at radius 3 is 2.57 bits per heavy atom. The average molecular weight is 337 g/mol. The fourth-order valence-corrected chi connectivity index (χ4v) is 2.58. The highest BCUT2D eigenvalue weighted by Crippen LogP contribution is 2.28. The van der Waals surface area contributed by atoms with Crippen LogP contribution in [0.25, 0.3) is 0 Å². The van der Waals surface area contributed by atoms with E-state index in [9.17, 15) is 13.2 Å². The molecule has 0 saturated carbocycles. The molecule has 21 heavy (non-hydrogen) atoms. The summed E-state index contributed by atoms with van der Waals surface area (Å²) in [6.07, 6.45) is -0.449. The number of rotatable bonds is 7. The van der Waals surface area contributed by atoms with E-state index in [4.69, 9.17) is 24.9 Å². The normalized spacial score (nSPS) is 12.8. The highest BCUT2D eigenvalue weighted by molar-refractivity contribution is 8.13. The van der Waals surface area contributed by atoms with Gasteiger partial charge in [0.15, 0.2) is 0 Å². The van der Waals surface area contributed by atoms with Crippen molar-refractivity contribution >= 4 is 25.7 Å². The molecule has 0 aromatic heterocycles. The van der Waals surface area contributed by atoms with Gasteiger partial charge in [0.1, 0.15) is 16.7 Å². The fraction of sp³-hybridized carbons (Fsp3) is 0.462. The molecule has 118 valence electrons. The van der Waals surface area contributed by atoms with E-state index < -0.39 is 21.1 Å². The molecule has 0 bridgehead atoms. The molecule has 0 saturated heterocycles. The first-order valence-electron chi connectivity index (χ1n) is 6.21. The average Bonchev–Trinajstić information content (AvgIpc) is 2.43. The van der Waals surface area contributed by atoms with Crippen molar-refractivity contribution in [2.45, 2.75) is 24.8 Å². The number of hydrogen-bond acceptors (Lipinski definition) is 6.